The van der Waals surface area contributed by atoms with Crippen LogP contribution in [0.3, 0.4) is 0 Å². The van der Waals surface area contributed by atoms with E-state index >= 15 is 0 Å². The van der Waals surface area contributed by atoms with Crippen molar-refractivity contribution in [2.45, 2.75) is 51.6 Å². The normalized spacial score (nSPS) is 31.6. The van der Waals surface area contributed by atoms with Crippen LogP contribution >= 0.6 is 0 Å². The number of nitrogens with one attached hydrogen (secondary N) is 1. The molecule has 0 aromatic heterocycles. The molecule has 0 bridgehead atoms. The van der Waals surface area contributed by atoms with E-state index in [4.69, 9.17) is 4.74 Å². The summed E-state index contributed by atoms with van der Waals surface area (Å²) in [5.41, 5.74) is 0. The summed E-state index contributed by atoms with van der Waals surface area (Å²) in [4.78, 5) is 0. The number of hydrogen-bond acceptors (Lipinski definition) is 2. The minimum Gasteiger partial charge on any atom is -0.383 e. The molecular weight excluding hydrogens is 162 g/mol. The molecule has 1 fully saturated rings. The van der Waals surface area contributed by atoms with Crippen molar-refractivity contribution in [2.24, 2.45) is 5.92 Å². The maximum absolute atomic E-state index is 5.10. The zero-order valence-corrected chi connectivity index (χ0v) is 9.18. The van der Waals surface area contributed by atoms with Crippen molar-refractivity contribution in [3.05, 3.63) is 0 Å². The van der Waals surface area contributed by atoms with Gasteiger partial charge in [-0.3, -0.25) is 0 Å². The summed E-state index contributed by atoms with van der Waals surface area (Å²) in [5, 5.41) is 3.62. The van der Waals surface area contributed by atoms with E-state index in [2.05, 4.69) is 19.2 Å². The zero-order valence-electron chi connectivity index (χ0n) is 9.18. The van der Waals surface area contributed by atoms with Crippen LogP contribution in [-0.4, -0.2) is 25.8 Å². The van der Waals surface area contributed by atoms with Gasteiger partial charge in [0.05, 0.1) is 6.61 Å². The second-order valence-electron chi connectivity index (χ2n) is 4.48. The molecular formula is C11H23NO. The molecule has 1 rings (SSSR count). The molecule has 0 amide bonds. The fourth-order valence-electron chi connectivity index (χ4n) is 2.13. The highest BCUT2D eigenvalue weighted by Crippen LogP contribution is 2.23. The molecule has 1 unspecified atom stereocenters. The van der Waals surface area contributed by atoms with Crippen molar-refractivity contribution in [1.29, 1.82) is 0 Å². The first-order valence-electron chi connectivity index (χ1n) is 5.47. The van der Waals surface area contributed by atoms with Gasteiger partial charge in [0, 0.05) is 19.2 Å². The van der Waals surface area contributed by atoms with E-state index in [1.807, 2.05) is 0 Å². The van der Waals surface area contributed by atoms with Gasteiger partial charge in [-0.15, -0.1) is 0 Å². The Morgan fingerprint density at radius 2 is 1.92 bits per heavy atom. The molecule has 0 spiro atoms. The van der Waals surface area contributed by atoms with Crippen LogP contribution in [-0.2, 0) is 4.74 Å². The van der Waals surface area contributed by atoms with Crippen molar-refractivity contribution < 1.29 is 4.74 Å². The molecule has 0 aromatic carbocycles. The van der Waals surface area contributed by atoms with Gasteiger partial charge in [0.25, 0.3) is 0 Å². The van der Waals surface area contributed by atoms with Gasteiger partial charge in [-0.1, -0.05) is 6.92 Å². The molecule has 0 heterocycles. The van der Waals surface area contributed by atoms with Crippen LogP contribution in [0, 0.1) is 5.92 Å². The third kappa shape index (κ3) is 4.10. The molecule has 1 saturated carbocycles. The summed E-state index contributed by atoms with van der Waals surface area (Å²) in [5.74, 6) is 0.941. The van der Waals surface area contributed by atoms with Crippen molar-refractivity contribution in [3.63, 3.8) is 0 Å². The predicted molar refractivity (Wildman–Crippen MR) is 55.9 cm³/mol. The highest BCUT2D eigenvalue weighted by molar-refractivity contribution is 4.77. The van der Waals surface area contributed by atoms with Crippen molar-refractivity contribution in [1.82, 2.24) is 5.32 Å². The van der Waals surface area contributed by atoms with Crippen molar-refractivity contribution >= 4 is 0 Å². The molecule has 0 aliphatic heterocycles. The average molecular weight is 185 g/mol. The van der Waals surface area contributed by atoms with Crippen LogP contribution in [0.15, 0.2) is 0 Å². The summed E-state index contributed by atoms with van der Waals surface area (Å²) in [6.07, 6.45) is 5.46. The minimum absolute atomic E-state index is 0.503. The Morgan fingerprint density at radius 3 is 2.46 bits per heavy atom. The van der Waals surface area contributed by atoms with Crippen LogP contribution in [0.25, 0.3) is 0 Å². The van der Waals surface area contributed by atoms with Gasteiger partial charge in [-0.05, 0) is 38.5 Å². The SMILES string of the molecule is COCC(C)NC1CCC(C)CC1. The molecule has 0 radical (unpaired) electrons. The number of ether oxygens (including phenoxy) is 1. The lowest BCUT2D eigenvalue weighted by atomic mass is 9.87. The molecule has 78 valence electrons. The Morgan fingerprint density at radius 1 is 1.31 bits per heavy atom. The fourth-order valence-corrected chi connectivity index (χ4v) is 2.13. The molecule has 13 heavy (non-hydrogen) atoms. The quantitative estimate of drug-likeness (QED) is 0.725. The summed E-state index contributed by atoms with van der Waals surface area (Å²) in [6.45, 7) is 5.38. The van der Waals surface area contributed by atoms with Crippen molar-refractivity contribution in [2.75, 3.05) is 13.7 Å². The molecule has 1 N–H and O–H groups in total. The Kier molecular flexibility index (Phi) is 4.74. The minimum atomic E-state index is 0.503. The Balaban J connectivity index is 2.14. The van der Waals surface area contributed by atoms with E-state index in [0.717, 1.165) is 18.6 Å². The molecule has 2 heteroatoms. The summed E-state index contributed by atoms with van der Waals surface area (Å²) < 4.78 is 5.10. The topological polar surface area (TPSA) is 21.3 Å². The second-order valence-corrected chi connectivity index (χ2v) is 4.48. The van der Waals surface area contributed by atoms with Gasteiger partial charge in [-0.2, -0.15) is 0 Å². The third-order valence-electron chi connectivity index (χ3n) is 2.95. The maximum Gasteiger partial charge on any atom is 0.0613 e. The number of hydrogen-bond donors (Lipinski definition) is 1. The Bertz CT molecular complexity index is 130. The van der Waals surface area contributed by atoms with Crippen LogP contribution in [0.4, 0.5) is 0 Å². The highest BCUT2D eigenvalue weighted by Gasteiger charge is 2.18. The Hall–Kier alpha value is -0.0800. The highest BCUT2D eigenvalue weighted by atomic mass is 16.5. The summed E-state index contributed by atoms with van der Waals surface area (Å²) >= 11 is 0. The Labute approximate surface area is 82.0 Å². The van der Waals surface area contributed by atoms with Crippen molar-refractivity contribution in [3.8, 4) is 0 Å². The van der Waals surface area contributed by atoms with Gasteiger partial charge in [-0.25, -0.2) is 0 Å². The van der Waals surface area contributed by atoms with E-state index < -0.39 is 0 Å². The van der Waals surface area contributed by atoms with Gasteiger partial charge < -0.3 is 10.1 Å². The second kappa shape index (κ2) is 5.61. The first kappa shape index (κ1) is 11.0. The summed E-state index contributed by atoms with van der Waals surface area (Å²) in [6, 6.07) is 1.24. The lowest BCUT2D eigenvalue weighted by Crippen LogP contribution is -2.40. The van der Waals surface area contributed by atoms with Crippen LogP contribution < -0.4 is 5.32 Å². The lowest BCUT2D eigenvalue weighted by Gasteiger charge is -2.29. The first-order valence-corrected chi connectivity index (χ1v) is 5.47. The molecule has 1 aliphatic rings. The maximum atomic E-state index is 5.10. The monoisotopic (exact) mass is 185 g/mol. The first-order chi connectivity index (χ1) is 6.22. The van der Waals surface area contributed by atoms with Crippen LogP contribution in [0.2, 0.25) is 0 Å². The van der Waals surface area contributed by atoms with E-state index in [9.17, 15) is 0 Å². The summed E-state index contributed by atoms with van der Waals surface area (Å²) in [7, 11) is 1.77. The molecule has 0 saturated heterocycles. The fraction of sp³-hybridized carbons (Fsp3) is 1.00. The van der Waals surface area contributed by atoms with Gasteiger partial charge >= 0.3 is 0 Å². The van der Waals surface area contributed by atoms with Gasteiger partial charge in [0.1, 0.15) is 0 Å². The standard InChI is InChI=1S/C11H23NO/c1-9-4-6-11(7-5-9)12-10(2)8-13-3/h9-12H,4-8H2,1-3H3. The molecule has 2 nitrogen and oxygen atoms in total. The third-order valence-corrected chi connectivity index (χ3v) is 2.95. The average Bonchev–Trinajstić information content (AvgIpc) is 2.09. The van der Waals surface area contributed by atoms with Gasteiger partial charge in [0.15, 0.2) is 0 Å². The van der Waals surface area contributed by atoms with Crippen LogP contribution in [0.5, 0.6) is 0 Å². The smallest absolute Gasteiger partial charge is 0.0613 e. The van der Waals surface area contributed by atoms with E-state index in [0.29, 0.717) is 6.04 Å². The van der Waals surface area contributed by atoms with Crippen LogP contribution in [0.1, 0.15) is 39.5 Å². The largest absolute Gasteiger partial charge is 0.383 e. The van der Waals surface area contributed by atoms with E-state index in [1.165, 1.54) is 25.7 Å². The molecule has 0 aromatic rings. The zero-order chi connectivity index (χ0) is 9.68. The molecule has 1 atom stereocenters. The lowest BCUT2D eigenvalue weighted by molar-refractivity contribution is 0.159. The van der Waals surface area contributed by atoms with E-state index in [-0.39, 0.29) is 0 Å². The van der Waals surface area contributed by atoms with Gasteiger partial charge in [0.2, 0.25) is 0 Å². The van der Waals surface area contributed by atoms with E-state index in [1.54, 1.807) is 7.11 Å². The predicted octanol–water partition coefficient (Wildman–Crippen LogP) is 2.19. The number of rotatable bonds is 4. The molecule has 1 aliphatic carbocycles. The number of methoxy groups -OCH3 is 1.